The van der Waals surface area contributed by atoms with E-state index in [4.69, 9.17) is 13.0 Å². The Labute approximate surface area is 111 Å². The van der Waals surface area contributed by atoms with Crippen molar-refractivity contribution in [3.63, 3.8) is 0 Å². The fourth-order valence-corrected chi connectivity index (χ4v) is 1.59. The molecule has 2 rings (SSSR count). The molecule has 1 atom stereocenters. The smallest absolute Gasteiger partial charge is 0.119 e. The van der Waals surface area contributed by atoms with Crippen LogP contribution in [0.3, 0.4) is 0 Å². The van der Waals surface area contributed by atoms with E-state index in [1.54, 1.807) is 31.4 Å². The van der Waals surface area contributed by atoms with E-state index in [1.165, 1.54) is 24.7 Å². The van der Waals surface area contributed by atoms with Gasteiger partial charge in [-0.05, 0) is 45.2 Å². The summed E-state index contributed by atoms with van der Waals surface area (Å²) < 4.78 is 54.0. The van der Waals surface area contributed by atoms with Crippen molar-refractivity contribution in [1.29, 1.82) is 0 Å². The minimum atomic E-state index is -2.57. The van der Waals surface area contributed by atoms with Crippen LogP contribution in [0.25, 0.3) is 10.9 Å². The number of benzene rings is 1. The van der Waals surface area contributed by atoms with Gasteiger partial charge in [-0.15, -0.1) is 0 Å². The van der Waals surface area contributed by atoms with E-state index in [1.807, 2.05) is 0 Å². The zero-order valence-electron chi connectivity index (χ0n) is 16.2. The molecule has 1 aromatic heterocycles. The molecule has 0 amide bonds. The van der Waals surface area contributed by atoms with Crippen molar-refractivity contribution in [3.8, 4) is 5.75 Å². The van der Waals surface area contributed by atoms with Crippen molar-refractivity contribution >= 4 is 10.9 Å². The van der Waals surface area contributed by atoms with Gasteiger partial charge in [0.25, 0.3) is 0 Å². The normalized spacial score (nSPS) is 21.9. The van der Waals surface area contributed by atoms with Crippen molar-refractivity contribution in [3.05, 3.63) is 30.5 Å². The van der Waals surface area contributed by atoms with Gasteiger partial charge in [-0.25, -0.2) is 0 Å². The topological polar surface area (TPSA) is 17.4 Å². The Morgan fingerprint density at radius 1 is 1.59 bits per heavy atom. The molecule has 0 bridgehead atoms. The standard InChI is InChI=1S/C14H20N2O/c1-11(15(2)3)10-16-8-7-12-9-13(17-4)5-6-14(12)16/h5-9,11H,10H2,1-4H3/t11-/m1/s1/i2D3,10D2,11D. The van der Waals surface area contributed by atoms with E-state index in [9.17, 15) is 0 Å². The average Bonchev–Trinajstić information content (AvgIpc) is 2.88. The number of nitrogens with zero attached hydrogens (tertiary/aromatic N) is 2. The van der Waals surface area contributed by atoms with Gasteiger partial charge in [-0.1, -0.05) is 0 Å². The van der Waals surface area contributed by atoms with E-state index in [0.29, 0.717) is 11.3 Å². The maximum absolute atomic E-state index is 8.40. The molecule has 17 heavy (non-hydrogen) atoms. The molecule has 3 heteroatoms. The van der Waals surface area contributed by atoms with Gasteiger partial charge in [0.2, 0.25) is 0 Å². The fourth-order valence-electron chi connectivity index (χ4n) is 1.59. The van der Waals surface area contributed by atoms with Crippen LogP contribution in [0.15, 0.2) is 30.5 Å². The van der Waals surface area contributed by atoms with Gasteiger partial charge < -0.3 is 14.2 Å². The van der Waals surface area contributed by atoms with Gasteiger partial charge in [-0.2, -0.15) is 0 Å². The summed E-state index contributed by atoms with van der Waals surface area (Å²) in [6, 6.07) is 4.85. The number of likely N-dealkylation sites (N-methyl/N-ethyl adjacent to an activating group) is 1. The third-order valence-corrected chi connectivity index (χ3v) is 2.68. The molecule has 0 fully saturated rings. The first-order valence-electron chi connectivity index (χ1n) is 8.32. The number of ether oxygens (including phenoxy) is 1. The van der Waals surface area contributed by atoms with Crippen LogP contribution in [0.4, 0.5) is 0 Å². The Balaban J connectivity index is 2.55. The van der Waals surface area contributed by atoms with Crippen LogP contribution in [0.1, 0.15) is 15.1 Å². The fraction of sp³-hybridized carbons (Fsp3) is 0.429. The molecule has 0 aliphatic rings. The van der Waals surface area contributed by atoms with Crippen LogP contribution < -0.4 is 4.74 Å². The van der Waals surface area contributed by atoms with Crippen LogP contribution in [0.5, 0.6) is 5.75 Å². The van der Waals surface area contributed by atoms with Crippen LogP contribution in [0, 0.1) is 0 Å². The summed E-state index contributed by atoms with van der Waals surface area (Å²) in [7, 11) is 2.77. The van der Waals surface area contributed by atoms with Crippen molar-refractivity contribution in [2.24, 2.45) is 0 Å². The molecule has 0 spiro atoms. The van der Waals surface area contributed by atoms with E-state index >= 15 is 0 Å². The zero-order valence-corrected chi connectivity index (χ0v) is 10.2. The Bertz CT molecular complexity index is 707. The summed E-state index contributed by atoms with van der Waals surface area (Å²) >= 11 is 0. The second-order valence-electron chi connectivity index (χ2n) is 3.87. The van der Waals surface area contributed by atoms with Gasteiger partial charge in [0.15, 0.2) is 0 Å². The predicted molar refractivity (Wildman–Crippen MR) is 71.6 cm³/mol. The Kier molecular flexibility index (Phi) is 1.82. The largest absolute Gasteiger partial charge is 0.497 e. The van der Waals surface area contributed by atoms with E-state index in [-0.39, 0.29) is 0 Å². The highest BCUT2D eigenvalue weighted by molar-refractivity contribution is 5.81. The number of hydrogen-bond donors (Lipinski definition) is 0. The number of fused-ring (bicyclic) bond motifs is 1. The van der Waals surface area contributed by atoms with Gasteiger partial charge in [0.05, 0.1) is 9.85 Å². The Morgan fingerprint density at radius 2 is 2.41 bits per heavy atom. The van der Waals surface area contributed by atoms with Crippen LogP contribution in [-0.4, -0.2) is 36.6 Å². The summed E-state index contributed by atoms with van der Waals surface area (Å²) in [6.45, 7) is -3.59. The minimum absolute atomic E-state index is 0.563. The van der Waals surface area contributed by atoms with Gasteiger partial charge in [-0.3, -0.25) is 0 Å². The minimum Gasteiger partial charge on any atom is -0.497 e. The van der Waals surface area contributed by atoms with Gasteiger partial charge in [0, 0.05) is 35.1 Å². The molecular weight excluding hydrogens is 212 g/mol. The van der Waals surface area contributed by atoms with Gasteiger partial charge >= 0.3 is 0 Å². The lowest BCUT2D eigenvalue weighted by Gasteiger charge is -2.20. The van der Waals surface area contributed by atoms with E-state index in [0.717, 1.165) is 10.3 Å². The van der Waals surface area contributed by atoms with Crippen molar-refractivity contribution in [2.45, 2.75) is 19.4 Å². The lowest BCUT2D eigenvalue weighted by atomic mass is 10.2. The summed E-state index contributed by atoms with van der Waals surface area (Å²) in [5.41, 5.74) is 0.563. The first-order valence-corrected chi connectivity index (χ1v) is 5.32. The Hall–Kier alpha value is -1.48. The summed E-state index contributed by atoms with van der Waals surface area (Å²) in [5, 5.41) is 0.751. The molecule has 92 valence electrons. The molecule has 0 unspecified atom stereocenters. The summed E-state index contributed by atoms with van der Waals surface area (Å²) in [6.07, 6.45) is 1.52. The third-order valence-electron chi connectivity index (χ3n) is 2.68. The maximum Gasteiger partial charge on any atom is 0.119 e. The second-order valence-corrected chi connectivity index (χ2v) is 3.87. The van der Waals surface area contributed by atoms with Crippen molar-refractivity contribution in [2.75, 3.05) is 21.1 Å². The molecule has 2 aromatic rings. The van der Waals surface area contributed by atoms with Crippen molar-refractivity contribution < 1.29 is 13.0 Å². The molecular formula is C14H20N2O. The molecule has 1 aromatic carbocycles. The quantitative estimate of drug-likeness (QED) is 0.814. The van der Waals surface area contributed by atoms with E-state index in [2.05, 4.69) is 0 Å². The van der Waals surface area contributed by atoms with Crippen LogP contribution in [-0.2, 0) is 6.50 Å². The maximum atomic E-state index is 8.40. The van der Waals surface area contributed by atoms with Crippen molar-refractivity contribution in [1.82, 2.24) is 9.47 Å². The highest BCUT2D eigenvalue weighted by Gasteiger charge is 2.08. The lowest BCUT2D eigenvalue weighted by Crippen LogP contribution is -2.28. The number of aromatic nitrogens is 1. The molecule has 0 radical (unpaired) electrons. The molecule has 0 saturated heterocycles. The highest BCUT2D eigenvalue weighted by atomic mass is 16.5. The van der Waals surface area contributed by atoms with Gasteiger partial charge in [0.1, 0.15) is 5.75 Å². The Morgan fingerprint density at radius 3 is 3.12 bits per heavy atom. The summed E-state index contributed by atoms with van der Waals surface area (Å²) in [5.74, 6) is 0.643. The van der Waals surface area contributed by atoms with Crippen LogP contribution >= 0.6 is 0 Å². The molecule has 0 N–H and O–H groups in total. The monoisotopic (exact) mass is 238 g/mol. The lowest BCUT2D eigenvalue weighted by molar-refractivity contribution is 0.286. The first kappa shape index (κ1) is 6.45. The molecule has 0 aliphatic carbocycles. The number of hydrogen-bond acceptors (Lipinski definition) is 2. The first-order chi connectivity index (χ1) is 10.4. The number of methoxy groups -OCH3 is 1. The third kappa shape index (κ3) is 2.44. The highest BCUT2D eigenvalue weighted by Crippen LogP contribution is 2.22. The van der Waals surface area contributed by atoms with Crippen LogP contribution in [0.2, 0.25) is 0 Å². The number of rotatable bonds is 4. The summed E-state index contributed by atoms with van der Waals surface area (Å²) in [4.78, 5) is 0.759. The second kappa shape index (κ2) is 4.80. The molecule has 1 heterocycles. The predicted octanol–water partition coefficient (Wildman–Crippen LogP) is 2.60. The molecule has 3 nitrogen and oxygen atoms in total. The zero-order chi connectivity index (χ0) is 17.6. The average molecular weight is 238 g/mol. The SMILES string of the molecule is [2H]C([2H])([2H])N(C)[C@]([2H])(C)C([2H])([2H])n1ccc2cc(OC)ccc21. The van der Waals surface area contributed by atoms with E-state index < -0.39 is 19.5 Å². The molecule has 0 aliphatic heterocycles. The molecule has 0 saturated carbocycles.